The van der Waals surface area contributed by atoms with E-state index in [9.17, 15) is 0 Å². The highest BCUT2D eigenvalue weighted by Gasteiger charge is 2.44. The smallest absolute Gasteiger partial charge is 0.156 e. The minimum Gasteiger partial charge on any atom is -0.156 e. The second kappa shape index (κ2) is 4.71. The summed E-state index contributed by atoms with van der Waals surface area (Å²) in [6, 6.07) is 10.5. The van der Waals surface area contributed by atoms with E-state index in [-0.39, 0.29) is 0 Å². The van der Waals surface area contributed by atoms with Crippen molar-refractivity contribution >= 4 is 27.1 Å². The van der Waals surface area contributed by atoms with Crippen molar-refractivity contribution in [2.75, 3.05) is 28.2 Å². The lowest BCUT2D eigenvalue weighted by Gasteiger charge is -2.29. The predicted molar refractivity (Wildman–Crippen MR) is 69.3 cm³/mol. The Morgan fingerprint density at radius 2 is 1.36 bits per heavy atom. The van der Waals surface area contributed by atoms with Gasteiger partial charge in [-0.25, -0.2) is 0 Å². The molecule has 0 spiro atoms. The summed E-state index contributed by atoms with van der Waals surface area (Å²) in [6.45, 7) is 0. The van der Waals surface area contributed by atoms with Crippen molar-refractivity contribution in [2.24, 2.45) is 0 Å². The minimum absolute atomic E-state index is 1.34. The molecule has 0 saturated carbocycles. The van der Waals surface area contributed by atoms with E-state index in [0.29, 0.717) is 0 Å². The molecule has 2 nitrogen and oxygen atoms in total. The quantitative estimate of drug-likeness (QED) is 0.783. The van der Waals surface area contributed by atoms with E-state index in [2.05, 4.69) is 77.3 Å². The lowest BCUT2D eigenvalue weighted by molar-refractivity contribution is 0.580. The fraction of sp³-hybridized carbons (Fsp3) is 0.400. The first-order valence-corrected chi connectivity index (χ1v) is 8.21. The van der Waals surface area contributed by atoms with Crippen LogP contribution in [0.4, 0.5) is 0 Å². The van der Waals surface area contributed by atoms with Crippen molar-refractivity contribution in [3.63, 3.8) is 0 Å². The number of benzene rings is 1. The summed E-state index contributed by atoms with van der Waals surface area (Å²) in [5, 5.41) is 1.34. The van der Waals surface area contributed by atoms with Gasteiger partial charge in [-0.1, -0.05) is 18.2 Å². The Morgan fingerprint density at radius 1 is 0.929 bits per heavy atom. The van der Waals surface area contributed by atoms with Crippen molar-refractivity contribution in [3.05, 3.63) is 30.3 Å². The zero-order valence-corrected chi connectivity index (χ0v) is 11.6. The Balaban J connectivity index is 3.13. The summed E-state index contributed by atoms with van der Waals surface area (Å²) in [5.74, 6) is 0. The average Bonchev–Trinajstić information content (AvgIpc) is 2.17. The zero-order valence-electron chi connectivity index (χ0n) is 9.11. The summed E-state index contributed by atoms with van der Waals surface area (Å²) in [7, 11) is 8.43. The van der Waals surface area contributed by atoms with E-state index in [1.807, 2.05) is 6.07 Å². The van der Waals surface area contributed by atoms with Gasteiger partial charge >= 0.3 is 0 Å². The van der Waals surface area contributed by atoms with Gasteiger partial charge in [-0.05, 0) is 12.1 Å². The Labute approximate surface area is 95.1 Å². The molecule has 0 atom stereocenters. The molecule has 0 fully saturated rings. The van der Waals surface area contributed by atoms with E-state index in [0.717, 1.165) is 0 Å². The van der Waals surface area contributed by atoms with Gasteiger partial charge in [0.15, 0.2) is 15.5 Å². The van der Waals surface area contributed by atoms with Gasteiger partial charge in [0.25, 0.3) is 6.27 Å². The van der Waals surface area contributed by atoms with Crippen LogP contribution in [0.5, 0.6) is 0 Å². The van der Waals surface area contributed by atoms with Crippen molar-refractivity contribution in [2.45, 2.75) is 0 Å². The first-order chi connectivity index (χ1) is 6.49. The van der Waals surface area contributed by atoms with E-state index >= 15 is 0 Å². The Morgan fingerprint density at radius 3 is 1.71 bits per heavy atom. The molecule has 1 aromatic rings. The van der Waals surface area contributed by atoms with Crippen LogP contribution >= 0.6 is 21.8 Å². The molecule has 0 heterocycles. The summed E-state index contributed by atoms with van der Waals surface area (Å²) < 4.78 is 4.50. The van der Waals surface area contributed by atoms with Crippen LogP contribution in [0.1, 0.15) is 0 Å². The van der Waals surface area contributed by atoms with Crippen LogP contribution in [-0.2, 0) is 0 Å². The van der Waals surface area contributed by atoms with E-state index in [1.54, 1.807) is 0 Å². The van der Waals surface area contributed by atoms with Crippen molar-refractivity contribution < 1.29 is 0 Å². The minimum atomic E-state index is -1.49. The van der Waals surface area contributed by atoms with Gasteiger partial charge in [0, 0.05) is 28.2 Å². The van der Waals surface area contributed by atoms with Crippen molar-refractivity contribution in [1.82, 2.24) is 9.34 Å². The third-order valence-corrected chi connectivity index (χ3v) is 10.3. The van der Waals surface area contributed by atoms with Crippen LogP contribution in [0, 0.1) is 0 Å². The van der Waals surface area contributed by atoms with Gasteiger partial charge in [-0.2, -0.15) is 9.34 Å². The van der Waals surface area contributed by atoms with Crippen molar-refractivity contribution in [1.29, 1.82) is 0 Å². The third-order valence-electron chi connectivity index (χ3n) is 2.14. The Kier molecular flexibility index (Phi) is 4.08. The van der Waals surface area contributed by atoms with Crippen LogP contribution < -0.4 is 5.30 Å². The van der Waals surface area contributed by atoms with Gasteiger partial charge < -0.3 is 0 Å². The fourth-order valence-corrected chi connectivity index (χ4v) is 4.34. The predicted octanol–water partition coefficient (Wildman–Crippen LogP) is 2.59. The molecule has 1 rings (SSSR count). The Hall–Kier alpha value is 0.0500. The molecular weight excluding hydrogens is 259 g/mol. The lowest BCUT2D eigenvalue weighted by atomic mass is 10.4. The lowest BCUT2D eigenvalue weighted by Crippen LogP contribution is -2.30. The number of halogens is 1. The topological polar surface area (TPSA) is 6.48 Å². The van der Waals surface area contributed by atoms with Gasteiger partial charge in [0.2, 0.25) is 0 Å². The molecule has 78 valence electrons. The highest BCUT2D eigenvalue weighted by atomic mass is 79.9. The van der Waals surface area contributed by atoms with Gasteiger partial charge in [-0.15, -0.1) is 0 Å². The van der Waals surface area contributed by atoms with Gasteiger partial charge in [-0.3, -0.25) is 0 Å². The van der Waals surface area contributed by atoms with Crippen LogP contribution in [0.15, 0.2) is 30.3 Å². The van der Waals surface area contributed by atoms with E-state index in [1.165, 1.54) is 5.30 Å². The molecule has 0 amide bonds. The molecule has 0 saturated heterocycles. The second-order valence-electron chi connectivity index (χ2n) is 3.56. The molecular formula is C10H17BrN2P+. The first-order valence-electron chi connectivity index (χ1n) is 4.49. The summed E-state index contributed by atoms with van der Waals surface area (Å²) in [5.41, 5.74) is 0. The molecule has 0 radical (unpaired) electrons. The molecule has 0 aliphatic carbocycles. The molecule has 0 unspecified atom stereocenters. The fourth-order valence-electron chi connectivity index (χ4n) is 1.44. The van der Waals surface area contributed by atoms with E-state index < -0.39 is 6.27 Å². The normalized spacial score (nSPS) is 12.5. The van der Waals surface area contributed by atoms with Crippen LogP contribution in [0.2, 0.25) is 0 Å². The van der Waals surface area contributed by atoms with Crippen LogP contribution in [-0.4, -0.2) is 37.5 Å². The number of hydrogen-bond donors (Lipinski definition) is 0. The van der Waals surface area contributed by atoms with Gasteiger partial charge in [0.1, 0.15) is 5.30 Å². The number of hydrogen-bond acceptors (Lipinski definition) is 2. The summed E-state index contributed by atoms with van der Waals surface area (Å²) in [6.07, 6.45) is -1.49. The maximum Gasteiger partial charge on any atom is 0.255 e. The summed E-state index contributed by atoms with van der Waals surface area (Å²) >= 11 is 3.89. The Bertz CT molecular complexity index is 279. The third kappa shape index (κ3) is 2.17. The average molecular weight is 276 g/mol. The van der Waals surface area contributed by atoms with Crippen molar-refractivity contribution in [3.8, 4) is 0 Å². The molecule has 1 aromatic carbocycles. The maximum atomic E-state index is 3.89. The molecule has 0 aliphatic rings. The number of rotatable bonds is 3. The number of nitrogens with zero attached hydrogens (tertiary/aromatic N) is 2. The van der Waals surface area contributed by atoms with Gasteiger partial charge in [0.05, 0.1) is 0 Å². The maximum absolute atomic E-state index is 3.89. The standard InChI is InChI=1S/C10H17BrN2P/c1-12(2)14(11,13(3)4)10-8-6-5-7-9-10/h5-9H,1-4H3/q+1. The molecule has 0 aliphatic heterocycles. The molecule has 4 heteroatoms. The second-order valence-corrected chi connectivity index (χ2v) is 9.69. The highest BCUT2D eigenvalue weighted by Crippen LogP contribution is 2.67. The SMILES string of the molecule is CN(C)[P+](Br)(c1ccccc1)N(C)C. The molecule has 14 heavy (non-hydrogen) atoms. The zero-order chi connectivity index (χ0) is 10.8. The molecule has 0 N–H and O–H groups in total. The summed E-state index contributed by atoms with van der Waals surface area (Å²) in [4.78, 5) is 0. The van der Waals surface area contributed by atoms with E-state index in [4.69, 9.17) is 0 Å². The molecule has 0 bridgehead atoms. The van der Waals surface area contributed by atoms with Crippen LogP contribution in [0.3, 0.4) is 0 Å². The largest absolute Gasteiger partial charge is 0.255 e. The monoisotopic (exact) mass is 275 g/mol. The first kappa shape index (κ1) is 12.1. The molecule has 0 aromatic heterocycles. The highest BCUT2D eigenvalue weighted by molar-refractivity contribution is 9.42. The van der Waals surface area contributed by atoms with Crippen LogP contribution in [0.25, 0.3) is 0 Å².